The second-order valence-electron chi connectivity index (χ2n) is 4.26. The highest BCUT2D eigenvalue weighted by molar-refractivity contribution is 5.35. The quantitative estimate of drug-likeness (QED) is 0.763. The number of nitrogens with one attached hydrogen (secondary N) is 2. The van der Waals surface area contributed by atoms with Crippen LogP contribution in [0.25, 0.3) is 0 Å². The zero-order valence-electron chi connectivity index (χ0n) is 9.26. The molecule has 4 heteroatoms. The Bertz CT molecular complexity index is 290. The molecule has 1 aromatic heterocycles. The lowest BCUT2D eigenvalue weighted by Gasteiger charge is -2.21. The van der Waals surface area contributed by atoms with Gasteiger partial charge in [-0.25, -0.2) is 9.97 Å². The molecule has 0 amide bonds. The number of nitrogens with zero attached hydrogens (tertiary/aromatic N) is 2. The third-order valence-electron chi connectivity index (χ3n) is 1.54. The van der Waals surface area contributed by atoms with Crippen molar-refractivity contribution in [3.8, 4) is 0 Å². The van der Waals surface area contributed by atoms with E-state index in [0.29, 0.717) is 6.54 Å². The van der Waals surface area contributed by atoms with Gasteiger partial charge in [-0.2, -0.15) is 0 Å². The van der Waals surface area contributed by atoms with E-state index in [1.807, 2.05) is 13.1 Å². The summed E-state index contributed by atoms with van der Waals surface area (Å²) in [5, 5.41) is 6.32. The molecule has 0 aromatic carbocycles. The Morgan fingerprint density at radius 2 is 2.07 bits per heavy atom. The highest BCUT2D eigenvalue weighted by Crippen LogP contribution is 2.10. The van der Waals surface area contributed by atoms with Crippen LogP contribution in [0.2, 0.25) is 0 Å². The summed E-state index contributed by atoms with van der Waals surface area (Å²) in [6, 6.07) is 1.88. The monoisotopic (exact) mass is 194 g/mol. The van der Waals surface area contributed by atoms with Gasteiger partial charge < -0.3 is 10.6 Å². The molecule has 0 radical (unpaired) electrons. The second-order valence-corrected chi connectivity index (χ2v) is 4.26. The molecule has 0 fully saturated rings. The summed E-state index contributed by atoms with van der Waals surface area (Å²) in [4.78, 5) is 8.51. The van der Waals surface area contributed by atoms with Crippen LogP contribution in [-0.4, -0.2) is 22.6 Å². The van der Waals surface area contributed by atoms with Crippen molar-refractivity contribution < 1.29 is 0 Å². The van der Waals surface area contributed by atoms with Crippen molar-refractivity contribution in [2.75, 3.05) is 12.4 Å². The van der Waals surface area contributed by atoms with Crippen molar-refractivity contribution in [2.24, 2.45) is 0 Å². The van der Waals surface area contributed by atoms with Crippen molar-refractivity contribution in [3.63, 3.8) is 0 Å². The van der Waals surface area contributed by atoms with Crippen LogP contribution in [0.15, 0.2) is 12.3 Å². The lowest BCUT2D eigenvalue weighted by Crippen LogP contribution is -2.27. The molecule has 1 rings (SSSR count). The summed E-state index contributed by atoms with van der Waals surface area (Å²) in [5.41, 5.74) is 0.0330. The Hall–Kier alpha value is -1.16. The van der Waals surface area contributed by atoms with E-state index < -0.39 is 0 Å². The first kappa shape index (κ1) is 10.9. The Labute approximate surface area is 85.2 Å². The first-order valence-corrected chi connectivity index (χ1v) is 4.76. The Kier molecular flexibility index (Phi) is 3.41. The molecule has 0 unspecified atom stereocenters. The topological polar surface area (TPSA) is 49.8 Å². The third kappa shape index (κ3) is 3.70. The van der Waals surface area contributed by atoms with Crippen molar-refractivity contribution >= 4 is 5.82 Å². The summed E-state index contributed by atoms with van der Waals surface area (Å²) in [6.45, 7) is 7.01. The molecule has 78 valence electrons. The average Bonchev–Trinajstić information content (AvgIpc) is 2.02. The minimum absolute atomic E-state index is 0.0330. The van der Waals surface area contributed by atoms with Gasteiger partial charge in [0.2, 0.25) is 0 Å². The van der Waals surface area contributed by atoms with Crippen LogP contribution in [0.3, 0.4) is 0 Å². The molecule has 0 saturated carbocycles. The largest absolute Gasteiger partial charge is 0.365 e. The predicted molar refractivity (Wildman–Crippen MR) is 58.2 cm³/mol. The Morgan fingerprint density at radius 1 is 1.36 bits per heavy atom. The zero-order valence-corrected chi connectivity index (χ0v) is 9.26. The van der Waals surface area contributed by atoms with E-state index in [-0.39, 0.29) is 5.54 Å². The van der Waals surface area contributed by atoms with Crippen LogP contribution in [-0.2, 0) is 6.54 Å². The van der Waals surface area contributed by atoms with Gasteiger partial charge in [-0.05, 0) is 33.9 Å². The normalized spacial score (nSPS) is 11.4. The average molecular weight is 194 g/mol. The molecule has 0 spiro atoms. The summed E-state index contributed by atoms with van der Waals surface area (Å²) in [5.74, 6) is 1.68. The first-order chi connectivity index (χ1) is 6.51. The first-order valence-electron chi connectivity index (χ1n) is 4.76. The SMILES string of the molecule is CNCc1nccc(NC(C)(C)C)n1. The lowest BCUT2D eigenvalue weighted by atomic mass is 10.1. The van der Waals surface area contributed by atoms with E-state index in [4.69, 9.17) is 0 Å². The smallest absolute Gasteiger partial charge is 0.144 e. The second kappa shape index (κ2) is 4.37. The summed E-state index contributed by atoms with van der Waals surface area (Å²) < 4.78 is 0. The molecule has 0 atom stereocenters. The fraction of sp³-hybridized carbons (Fsp3) is 0.600. The number of aromatic nitrogens is 2. The summed E-state index contributed by atoms with van der Waals surface area (Å²) >= 11 is 0. The maximum Gasteiger partial charge on any atom is 0.144 e. The van der Waals surface area contributed by atoms with E-state index >= 15 is 0 Å². The standard InChI is InChI=1S/C10H18N4/c1-10(2,3)14-8-5-6-12-9(13-8)7-11-4/h5-6,11H,7H2,1-4H3,(H,12,13,14). The maximum atomic E-state index is 4.36. The number of hydrogen-bond acceptors (Lipinski definition) is 4. The van der Waals surface area contributed by atoms with Gasteiger partial charge in [0.1, 0.15) is 11.6 Å². The highest BCUT2D eigenvalue weighted by Gasteiger charge is 2.10. The fourth-order valence-corrected chi connectivity index (χ4v) is 1.10. The molecule has 0 saturated heterocycles. The van der Waals surface area contributed by atoms with Gasteiger partial charge in [0, 0.05) is 11.7 Å². The van der Waals surface area contributed by atoms with Gasteiger partial charge in [-0.15, -0.1) is 0 Å². The molecule has 1 aromatic rings. The van der Waals surface area contributed by atoms with Crippen molar-refractivity contribution in [3.05, 3.63) is 18.1 Å². The molecule has 2 N–H and O–H groups in total. The maximum absolute atomic E-state index is 4.36. The van der Waals surface area contributed by atoms with Gasteiger partial charge in [0.05, 0.1) is 6.54 Å². The predicted octanol–water partition coefficient (Wildman–Crippen LogP) is 1.41. The number of hydrogen-bond donors (Lipinski definition) is 2. The van der Waals surface area contributed by atoms with Crippen LogP contribution >= 0.6 is 0 Å². The van der Waals surface area contributed by atoms with Gasteiger partial charge in [-0.1, -0.05) is 0 Å². The Morgan fingerprint density at radius 3 is 2.64 bits per heavy atom. The van der Waals surface area contributed by atoms with Crippen LogP contribution in [0.1, 0.15) is 26.6 Å². The van der Waals surface area contributed by atoms with E-state index in [2.05, 4.69) is 41.4 Å². The lowest BCUT2D eigenvalue weighted by molar-refractivity contribution is 0.627. The van der Waals surface area contributed by atoms with Crippen molar-refractivity contribution in [1.29, 1.82) is 0 Å². The third-order valence-corrected chi connectivity index (χ3v) is 1.54. The number of rotatable bonds is 3. The number of anilines is 1. The molecule has 0 aliphatic rings. The minimum atomic E-state index is 0.0330. The van der Waals surface area contributed by atoms with E-state index in [1.54, 1.807) is 6.20 Å². The highest BCUT2D eigenvalue weighted by atomic mass is 15.1. The van der Waals surface area contributed by atoms with Crippen LogP contribution in [0.4, 0.5) is 5.82 Å². The molecule has 4 nitrogen and oxygen atoms in total. The fourth-order valence-electron chi connectivity index (χ4n) is 1.10. The van der Waals surface area contributed by atoms with E-state index in [1.165, 1.54) is 0 Å². The molecular formula is C10H18N4. The summed E-state index contributed by atoms with van der Waals surface area (Å²) in [6.07, 6.45) is 1.77. The molecule has 1 heterocycles. The molecule has 14 heavy (non-hydrogen) atoms. The van der Waals surface area contributed by atoms with Gasteiger partial charge in [0.25, 0.3) is 0 Å². The van der Waals surface area contributed by atoms with E-state index in [0.717, 1.165) is 11.6 Å². The van der Waals surface area contributed by atoms with Crippen LogP contribution in [0, 0.1) is 0 Å². The van der Waals surface area contributed by atoms with Gasteiger partial charge in [-0.3, -0.25) is 0 Å². The van der Waals surface area contributed by atoms with E-state index in [9.17, 15) is 0 Å². The molecule has 0 bridgehead atoms. The molecular weight excluding hydrogens is 176 g/mol. The van der Waals surface area contributed by atoms with Gasteiger partial charge >= 0.3 is 0 Å². The van der Waals surface area contributed by atoms with Crippen molar-refractivity contribution in [1.82, 2.24) is 15.3 Å². The van der Waals surface area contributed by atoms with Crippen molar-refractivity contribution in [2.45, 2.75) is 32.9 Å². The Balaban J connectivity index is 2.73. The van der Waals surface area contributed by atoms with Crippen LogP contribution in [0.5, 0.6) is 0 Å². The van der Waals surface area contributed by atoms with Crippen LogP contribution < -0.4 is 10.6 Å². The summed E-state index contributed by atoms with van der Waals surface area (Å²) in [7, 11) is 1.88. The molecule has 0 aliphatic heterocycles. The minimum Gasteiger partial charge on any atom is -0.365 e. The zero-order chi connectivity index (χ0) is 10.6. The van der Waals surface area contributed by atoms with Gasteiger partial charge in [0.15, 0.2) is 0 Å². The molecule has 0 aliphatic carbocycles.